The van der Waals surface area contributed by atoms with Crippen molar-refractivity contribution in [1.29, 1.82) is 0 Å². The minimum atomic E-state index is -4.51. The molecule has 1 amide bonds. The minimum absolute atomic E-state index is 0.0222. The molecule has 1 aromatic heterocycles. The van der Waals surface area contributed by atoms with Crippen molar-refractivity contribution in [2.75, 3.05) is 6.54 Å². The number of oxazole rings is 1. The third-order valence-electron chi connectivity index (χ3n) is 6.70. The largest absolute Gasteiger partial charge is 0.434 e. The third-order valence-corrected chi connectivity index (χ3v) is 6.70. The number of hydrogen-bond donors (Lipinski definition) is 1. The van der Waals surface area contributed by atoms with Gasteiger partial charge in [-0.15, -0.1) is 0 Å². The number of carbonyl (C=O) groups excluding carboxylic acids is 2. The first-order chi connectivity index (χ1) is 16.8. The summed E-state index contributed by atoms with van der Waals surface area (Å²) in [6.07, 6.45) is 3.29. The van der Waals surface area contributed by atoms with Crippen molar-refractivity contribution >= 4 is 22.8 Å². The van der Waals surface area contributed by atoms with Gasteiger partial charge < -0.3 is 9.73 Å². The van der Waals surface area contributed by atoms with E-state index in [1.165, 1.54) is 38.2 Å². The molecule has 1 saturated carbocycles. The molecule has 186 valence electrons. The number of alkyl halides is 3. The van der Waals surface area contributed by atoms with Gasteiger partial charge in [-0.2, -0.15) is 13.2 Å². The second kappa shape index (κ2) is 11.1. The lowest BCUT2D eigenvalue weighted by atomic mass is 9.86. The van der Waals surface area contributed by atoms with Gasteiger partial charge in [0, 0.05) is 13.0 Å². The lowest BCUT2D eigenvalue weighted by Gasteiger charge is -2.21. The van der Waals surface area contributed by atoms with Crippen LogP contribution in [0.5, 0.6) is 0 Å². The van der Waals surface area contributed by atoms with Crippen molar-refractivity contribution in [1.82, 2.24) is 10.3 Å². The minimum Gasteiger partial charge on any atom is -0.434 e. The molecule has 1 aliphatic carbocycles. The average molecular weight is 487 g/mol. The van der Waals surface area contributed by atoms with Crippen molar-refractivity contribution in [3.8, 4) is 0 Å². The number of benzene rings is 2. The van der Waals surface area contributed by atoms with Crippen LogP contribution in [0.1, 0.15) is 79.1 Å². The molecule has 0 spiro atoms. The quantitative estimate of drug-likeness (QED) is 0.343. The maximum Gasteiger partial charge on any atom is 0.416 e. The topological polar surface area (TPSA) is 72.2 Å². The number of halogens is 3. The summed E-state index contributed by atoms with van der Waals surface area (Å²) in [7, 11) is 0. The van der Waals surface area contributed by atoms with Gasteiger partial charge in [0.1, 0.15) is 5.52 Å². The summed E-state index contributed by atoms with van der Waals surface area (Å²) < 4.78 is 44.6. The van der Waals surface area contributed by atoms with Gasteiger partial charge in [-0.25, -0.2) is 4.98 Å². The van der Waals surface area contributed by atoms with Crippen molar-refractivity contribution in [3.05, 3.63) is 65.5 Å². The maximum atomic E-state index is 13.3. The van der Waals surface area contributed by atoms with Crippen LogP contribution in [-0.2, 0) is 11.0 Å². The molecule has 1 unspecified atom stereocenters. The van der Waals surface area contributed by atoms with Crippen LogP contribution in [0.3, 0.4) is 0 Å². The standard InChI is InChI=1S/C27H29F3N2O3/c28-27(29,30)20-12-13-23-22(17-20)32-26(35-23)25(34)21(19-9-5-2-6-10-19)15-16-31-24(33)14-11-18-7-3-1-4-8-18/h2,5-6,9-10,12-13,17-18,21H,1,3-4,7-8,11,14-16H2,(H,31,33). The van der Waals surface area contributed by atoms with Crippen LogP contribution in [0.2, 0.25) is 0 Å². The number of carbonyl (C=O) groups is 2. The van der Waals surface area contributed by atoms with E-state index in [1.54, 1.807) is 24.3 Å². The summed E-state index contributed by atoms with van der Waals surface area (Å²) in [4.78, 5) is 29.7. The number of fused-ring (bicyclic) bond motifs is 1. The van der Waals surface area contributed by atoms with E-state index in [1.807, 2.05) is 6.07 Å². The Hall–Kier alpha value is -3.16. The average Bonchev–Trinajstić information content (AvgIpc) is 3.29. The molecule has 0 saturated heterocycles. The number of aromatic nitrogens is 1. The monoisotopic (exact) mass is 486 g/mol. The third kappa shape index (κ3) is 6.50. The number of nitrogens with zero attached hydrogens (tertiary/aromatic N) is 1. The van der Waals surface area contributed by atoms with Crippen LogP contribution in [0.4, 0.5) is 13.2 Å². The van der Waals surface area contributed by atoms with Gasteiger partial charge in [-0.05, 0) is 42.5 Å². The molecule has 1 atom stereocenters. The Morgan fingerprint density at radius 1 is 1.06 bits per heavy atom. The van der Waals surface area contributed by atoms with Crippen molar-refractivity contribution in [2.24, 2.45) is 5.92 Å². The summed E-state index contributed by atoms with van der Waals surface area (Å²) in [6.45, 7) is 0.299. The molecule has 0 aliphatic heterocycles. The smallest absolute Gasteiger partial charge is 0.416 e. The zero-order chi connectivity index (χ0) is 24.8. The molecule has 0 radical (unpaired) electrons. The zero-order valence-corrected chi connectivity index (χ0v) is 19.4. The molecule has 4 rings (SSSR count). The summed E-state index contributed by atoms with van der Waals surface area (Å²) >= 11 is 0. The molecular weight excluding hydrogens is 457 g/mol. The van der Waals surface area contributed by atoms with E-state index in [0.29, 0.717) is 25.3 Å². The van der Waals surface area contributed by atoms with Gasteiger partial charge in [-0.3, -0.25) is 9.59 Å². The molecule has 2 aromatic carbocycles. The van der Waals surface area contributed by atoms with Crippen LogP contribution in [0, 0.1) is 5.92 Å². The fourth-order valence-corrected chi connectivity index (χ4v) is 4.75. The van der Waals surface area contributed by atoms with Gasteiger partial charge in [0.25, 0.3) is 5.89 Å². The summed E-state index contributed by atoms with van der Waals surface area (Å²) in [5, 5.41) is 2.91. The predicted molar refractivity (Wildman–Crippen MR) is 126 cm³/mol. The highest BCUT2D eigenvalue weighted by Crippen LogP contribution is 2.32. The summed E-state index contributed by atoms with van der Waals surface area (Å²) in [5.74, 6) is -0.735. The van der Waals surface area contributed by atoms with Crippen molar-refractivity contribution in [2.45, 2.75) is 63.5 Å². The first-order valence-electron chi connectivity index (χ1n) is 12.1. The number of amides is 1. The molecule has 5 nitrogen and oxygen atoms in total. The molecular formula is C27H29F3N2O3. The van der Waals surface area contributed by atoms with Crippen LogP contribution >= 0.6 is 0 Å². The molecule has 3 aromatic rings. The maximum absolute atomic E-state index is 13.3. The van der Waals surface area contributed by atoms with Crippen molar-refractivity contribution in [3.63, 3.8) is 0 Å². The van der Waals surface area contributed by atoms with E-state index in [0.717, 1.165) is 24.1 Å². The van der Waals surface area contributed by atoms with Crippen LogP contribution in [0.15, 0.2) is 52.9 Å². The van der Waals surface area contributed by atoms with E-state index in [2.05, 4.69) is 10.3 Å². The molecule has 1 aliphatic rings. The Morgan fingerprint density at radius 3 is 2.51 bits per heavy atom. The van der Waals surface area contributed by atoms with E-state index >= 15 is 0 Å². The first kappa shape index (κ1) is 24.9. The molecule has 8 heteroatoms. The van der Waals surface area contributed by atoms with Gasteiger partial charge in [0.05, 0.1) is 11.5 Å². The molecule has 1 heterocycles. The van der Waals surface area contributed by atoms with E-state index in [9.17, 15) is 22.8 Å². The Kier molecular flexibility index (Phi) is 7.88. The fraction of sp³-hybridized carbons (Fsp3) is 0.444. The SMILES string of the molecule is O=C(CCC1CCCCC1)NCCC(C(=O)c1nc2cc(C(F)(F)F)ccc2o1)c1ccccc1. The lowest BCUT2D eigenvalue weighted by molar-refractivity contribution is -0.137. The van der Waals surface area contributed by atoms with Gasteiger partial charge >= 0.3 is 6.18 Å². The Bertz CT molecular complexity index is 1150. The number of hydrogen-bond acceptors (Lipinski definition) is 4. The van der Waals surface area contributed by atoms with E-state index in [4.69, 9.17) is 4.42 Å². The van der Waals surface area contributed by atoms with E-state index < -0.39 is 23.4 Å². The second-order valence-electron chi connectivity index (χ2n) is 9.21. The predicted octanol–water partition coefficient (Wildman–Crippen LogP) is 6.68. The highest BCUT2D eigenvalue weighted by molar-refractivity contribution is 5.99. The first-order valence-corrected chi connectivity index (χ1v) is 12.1. The number of ketones is 1. The van der Waals surface area contributed by atoms with Crippen LogP contribution < -0.4 is 5.32 Å². The highest BCUT2D eigenvalue weighted by Gasteiger charge is 2.32. The number of nitrogens with one attached hydrogen (secondary N) is 1. The lowest BCUT2D eigenvalue weighted by Crippen LogP contribution is -2.27. The number of Topliss-reactive ketones (excluding diaryl/α,β-unsaturated/α-hetero) is 1. The van der Waals surface area contributed by atoms with Gasteiger partial charge in [0.15, 0.2) is 5.58 Å². The van der Waals surface area contributed by atoms with E-state index in [-0.39, 0.29) is 22.9 Å². The summed E-state index contributed by atoms with van der Waals surface area (Å²) in [6, 6.07) is 12.0. The van der Waals surface area contributed by atoms with Crippen LogP contribution in [0.25, 0.3) is 11.1 Å². The zero-order valence-electron chi connectivity index (χ0n) is 19.4. The number of rotatable bonds is 9. The molecule has 35 heavy (non-hydrogen) atoms. The Morgan fingerprint density at radius 2 is 1.80 bits per heavy atom. The normalized spacial score (nSPS) is 15.7. The Labute approximate surface area is 202 Å². The van der Waals surface area contributed by atoms with Gasteiger partial charge in [-0.1, -0.05) is 62.4 Å². The molecule has 1 fully saturated rings. The highest BCUT2D eigenvalue weighted by atomic mass is 19.4. The second-order valence-corrected chi connectivity index (χ2v) is 9.21. The molecule has 0 bridgehead atoms. The summed E-state index contributed by atoms with van der Waals surface area (Å²) in [5.41, 5.74) is -0.0322. The van der Waals surface area contributed by atoms with Gasteiger partial charge in [0.2, 0.25) is 11.7 Å². The van der Waals surface area contributed by atoms with Crippen molar-refractivity contribution < 1.29 is 27.2 Å². The Balaban J connectivity index is 1.43. The fourth-order valence-electron chi connectivity index (χ4n) is 4.75. The molecule has 1 N–H and O–H groups in total. The van der Waals surface area contributed by atoms with Crippen LogP contribution in [-0.4, -0.2) is 23.2 Å².